The first-order valence-electron chi connectivity index (χ1n) is 7.36. The van der Waals surface area contributed by atoms with Gasteiger partial charge >= 0.3 is 0 Å². The lowest BCUT2D eigenvalue weighted by molar-refractivity contribution is 0.0306. The molecule has 0 aliphatic carbocycles. The molecule has 4 nitrogen and oxygen atoms in total. The van der Waals surface area contributed by atoms with Crippen molar-refractivity contribution in [2.45, 2.75) is 65.4 Å². The molecule has 0 spiro atoms. The van der Waals surface area contributed by atoms with Gasteiger partial charge in [-0.05, 0) is 26.2 Å². The second kappa shape index (κ2) is 10.2. The van der Waals surface area contributed by atoms with Gasteiger partial charge in [0.15, 0.2) is 5.96 Å². The van der Waals surface area contributed by atoms with Crippen molar-refractivity contribution in [3.8, 4) is 0 Å². The molecule has 0 radical (unpaired) electrons. The molecule has 0 unspecified atom stereocenters. The van der Waals surface area contributed by atoms with Crippen LogP contribution in [0.2, 0.25) is 0 Å². The van der Waals surface area contributed by atoms with Gasteiger partial charge in [-0.2, -0.15) is 0 Å². The summed E-state index contributed by atoms with van der Waals surface area (Å²) in [7, 11) is 0. The molecule has 4 heteroatoms. The molecule has 0 aromatic heterocycles. The molecule has 0 aromatic carbocycles. The van der Waals surface area contributed by atoms with Gasteiger partial charge in [0.1, 0.15) is 0 Å². The minimum atomic E-state index is -0.641. The van der Waals surface area contributed by atoms with Crippen molar-refractivity contribution in [2.75, 3.05) is 19.6 Å². The fourth-order valence-corrected chi connectivity index (χ4v) is 2.03. The quantitative estimate of drug-likeness (QED) is 0.439. The average Bonchev–Trinajstić information content (AvgIpc) is 2.33. The number of nitrogens with zero attached hydrogens (tertiary/aromatic N) is 1. The largest absolute Gasteiger partial charge is 0.388 e. The van der Waals surface area contributed by atoms with Crippen molar-refractivity contribution >= 4 is 5.96 Å². The fourth-order valence-electron chi connectivity index (χ4n) is 2.03. The van der Waals surface area contributed by atoms with Gasteiger partial charge in [0, 0.05) is 13.1 Å². The summed E-state index contributed by atoms with van der Waals surface area (Å²) < 4.78 is 0. The second-order valence-corrected chi connectivity index (χ2v) is 4.85. The zero-order valence-corrected chi connectivity index (χ0v) is 12.6. The fraction of sp³-hybridized carbons (Fsp3) is 0.929. The molecule has 0 rings (SSSR count). The lowest BCUT2D eigenvalue weighted by Gasteiger charge is -2.26. The maximum atomic E-state index is 10.5. The standard InChI is InChI=1S/C14H31N3O/c1-5-9-14(18,10-6-2)12-17-13(15-8-4)16-11-7-3/h18H,5-12H2,1-4H3,(H2,15,16,17). The van der Waals surface area contributed by atoms with Gasteiger partial charge in [-0.15, -0.1) is 0 Å². The van der Waals surface area contributed by atoms with Crippen LogP contribution in [0.4, 0.5) is 0 Å². The molecule has 0 saturated heterocycles. The molecule has 0 aromatic rings. The van der Waals surface area contributed by atoms with Crippen molar-refractivity contribution in [3.05, 3.63) is 0 Å². The lowest BCUT2D eigenvalue weighted by atomic mass is 9.93. The Balaban J connectivity index is 4.46. The highest BCUT2D eigenvalue weighted by Gasteiger charge is 2.24. The molecule has 0 atom stereocenters. The number of aliphatic hydroxyl groups is 1. The number of aliphatic imine (C=N–C) groups is 1. The van der Waals surface area contributed by atoms with Crippen molar-refractivity contribution in [2.24, 2.45) is 4.99 Å². The Labute approximate surface area is 112 Å². The van der Waals surface area contributed by atoms with E-state index in [4.69, 9.17) is 0 Å². The van der Waals surface area contributed by atoms with E-state index < -0.39 is 5.60 Å². The number of guanidine groups is 1. The predicted octanol–water partition coefficient (Wildman–Crippen LogP) is 2.28. The van der Waals surface area contributed by atoms with Gasteiger partial charge < -0.3 is 15.7 Å². The van der Waals surface area contributed by atoms with Crippen LogP contribution in [0.3, 0.4) is 0 Å². The number of hydrogen-bond acceptors (Lipinski definition) is 2. The van der Waals surface area contributed by atoms with Crippen LogP contribution < -0.4 is 10.6 Å². The smallest absolute Gasteiger partial charge is 0.191 e. The van der Waals surface area contributed by atoms with Crippen molar-refractivity contribution in [1.29, 1.82) is 0 Å². The molecule has 18 heavy (non-hydrogen) atoms. The van der Waals surface area contributed by atoms with Crippen molar-refractivity contribution < 1.29 is 5.11 Å². The molecular weight excluding hydrogens is 226 g/mol. The molecule has 108 valence electrons. The Bertz CT molecular complexity index is 223. The Hall–Kier alpha value is -0.770. The summed E-state index contributed by atoms with van der Waals surface area (Å²) >= 11 is 0. The molecule has 0 aliphatic heterocycles. The first-order valence-corrected chi connectivity index (χ1v) is 7.36. The van der Waals surface area contributed by atoms with Gasteiger partial charge in [-0.25, -0.2) is 0 Å². The van der Waals surface area contributed by atoms with Crippen LogP contribution in [-0.4, -0.2) is 36.3 Å². The minimum absolute atomic E-state index is 0.480. The lowest BCUT2D eigenvalue weighted by Crippen LogP contribution is -2.40. The summed E-state index contributed by atoms with van der Waals surface area (Å²) in [6.07, 6.45) is 4.68. The highest BCUT2D eigenvalue weighted by atomic mass is 16.3. The monoisotopic (exact) mass is 257 g/mol. The van der Waals surface area contributed by atoms with Crippen LogP contribution >= 0.6 is 0 Å². The number of rotatable bonds is 9. The van der Waals surface area contributed by atoms with E-state index in [1.54, 1.807) is 0 Å². The predicted molar refractivity (Wildman–Crippen MR) is 79.0 cm³/mol. The summed E-state index contributed by atoms with van der Waals surface area (Å²) in [4.78, 5) is 4.50. The highest BCUT2D eigenvalue weighted by molar-refractivity contribution is 5.79. The van der Waals surface area contributed by atoms with Crippen molar-refractivity contribution in [1.82, 2.24) is 10.6 Å². The Morgan fingerprint density at radius 3 is 2.06 bits per heavy atom. The van der Waals surface area contributed by atoms with E-state index in [-0.39, 0.29) is 0 Å². The third kappa shape index (κ3) is 7.54. The van der Waals surface area contributed by atoms with E-state index in [1.165, 1.54) is 0 Å². The maximum Gasteiger partial charge on any atom is 0.191 e. The van der Waals surface area contributed by atoms with Gasteiger partial charge in [0.25, 0.3) is 0 Å². The van der Waals surface area contributed by atoms with E-state index >= 15 is 0 Å². The summed E-state index contributed by atoms with van der Waals surface area (Å²) in [5, 5.41) is 16.9. The van der Waals surface area contributed by atoms with Crippen molar-refractivity contribution in [3.63, 3.8) is 0 Å². The number of hydrogen-bond donors (Lipinski definition) is 3. The molecule has 0 heterocycles. The Kier molecular flexibility index (Phi) is 9.74. The van der Waals surface area contributed by atoms with Gasteiger partial charge in [-0.3, -0.25) is 4.99 Å². The summed E-state index contributed by atoms with van der Waals surface area (Å²) in [6.45, 7) is 10.6. The van der Waals surface area contributed by atoms with E-state index in [0.29, 0.717) is 6.54 Å². The Morgan fingerprint density at radius 2 is 1.61 bits per heavy atom. The molecular formula is C14H31N3O. The van der Waals surface area contributed by atoms with E-state index in [2.05, 4.69) is 36.4 Å². The molecule has 0 amide bonds. The van der Waals surface area contributed by atoms with Crippen LogP contribution in [0, 0.1) is 0 Å². The first-order chi connectivity index (χ1) is 8.61. The average molecular weight is 257 g/mol. The maximum absolute atomic E-state index is 10.5. The van der Waals surface area contributed by atoms with Crippen LogP contribution in [0.1, 0.15) is 59.8 Å². The molecule has 0 aliphatic rings. The van der Waals surface area contributed by atoms with E-state index in [0.717, 1.165) is 51.2 Å². The molecule has 0 fully saturated rings. The van der Waals surface area contributed by atoms with E-state index in [1.807, 2.05) is 6.92 Å². The van der Waals surface area contributed by atoms with Crippen LogP contribution in [0.5, 0.6) is 0 Å². The third-order valence-corrected chi connectivity index (χ3v) is 2.85. The van der Waals surface area contributed by atoms with E-state index in [9.17, 15) is 5.11 Å². The third-order valence-electron chi connectivity index (χ3n) is 2.85. The highest BCUT2D eigenvalue weighted by Crippen LogP contribution is 2.19. The second-order valence-electron chi connectivity index (χ2n) is 4.85. The summed E-state index contributed by atoms with van der Waals surface area (Å²) in [5.74, 6) is 0.810. The zero-order valence-electron chi connectivity index (χ0n) is 12.6. The number of nitrogens with one attached hydrogen (secondary N) is 2. The van der Waals surface area contributed by atoms with Gasteiger partial charge in [0.05, 0.1) is 12.1 Å². The first kappa shape index (κ1) is 17.2. The Morgan fingerprint density at radius 1 is 1.00 bits per heavy atom. The molecule has 0 saturated carbocycles. The van der Waals surface area contributed by atoms with Gasteiger partial charge in [-0.1, -0.05) is 33.6 Å². The minimum Gasteiger partial charge on any atom is -0.388 e. The zero-order chi connectivity index (χ0) is 13.9. The summed E-state index contributed by atoms with van der Waals surface area (Å²) in [6, 6.07) is 0. The molecule has 3 N–H and O–H groups in total. The SMILES string of the molecule is CCCNC(=NCC(O)(CCC)CCC)NCC. The topological polar surface area (TPSA) is 56.7 Å². The van der Waals surface area contributed by atoms with Gasteiger partial charge in [0.2, 0.25) is 0 Å². The van der Waals surface area contributed by atoms with Crippen LogP contribution in [0.15, 0.2) is 4.99 Å². The van der Waals surface area contributed by atoms with Crippen LogP contribution in [-0.2, 0) is 0 Å². The summed E-state index contributed by atoms with van der Waals surface area (Å²) in [5.41, 5.74) is -0.641. The van der Waals surface area contributed by atoms with Crippen LogP contribution in [0.25, 0.3) is 0 Å². The normalized spacial score (nSPS) is 12.6. The molecule has 0 bridgehead atoms.